The van der Waals surface area contributed by atoms with Crippen LogP contribution in [0.5, 0.6) is 5.75 Å². The molecule has 0 aliphatic carbocycles. The fraction of sp³-hybridized carbons (Fsp3) is 0.312. The number of hydrogen-bond acceptors (Lipinski definition) is 6. The third-order valence-corrected chi connectivity index (χ3v) is 4.34. The van der Waals surface area contributed by atoms with Gasteiger partial charge in [0.15, 0.2) is 5.16 Å². The number of carbonyl (C=O) groups excluding carboxylic acids is 1. The highest BCUT2D eigenvalue weighted by atomic mass is 32.2. The summed E-state index contributed by atoms with van der Waals surface area (Å²) in [5.74, 6) is 0.707. The minimum absolute atomic E-state index is 0.128. The van der Waals surface area contributed by atoms with Crippen LogP contribution in [-0.2, 0) is 4.79 Å². The molecular formula is C16H20N4O3S. The largest absolute Gasteiger partial charge is 0.494 e. The van der Waals surface area contributed by atoms with Gasteiger partial charge in [-0.05, 0) is 37.6 Å². The van der Waals surface area contributed by atoms with E-state index in [1.165, 1.54) is 17.8 Å². The Morgan fingerprint density at radius 1 is 1.38 bits per heavy atom. The highest BCUT2D eigenvalue weighted by Gasteiger charge is 2.19. The van der Waals surface area contributed by atoms with Crippen LogP contribution in [0.25, 0.3) is 0 Å². The number of rotatable bonds is 7. The molecule has 1 heterocycles. The monoisotopic (exact) mass is 348 g/mol. The molecule has 0 radical (unpaired) electrons. The van der Waals surface area contributed by atoms with E-state index in [0.717, 1.165) is 5.75 Å². The third kappa shape index (κ3) is 5.02. The smallest absolute Gasteiger partial charge is 0.253 e. The normalized spacial score (nSPS) is 11.8. The molecule has 0 bridgehead atoms. The number of thioether (sulfide) groups is 1. The lowest BCUT2D eigenvalue weighted by Crippen LogP contribution is -2.25. The Labute approximate surface area is 144 Å². The van der Waals surface area contributed by atoms with Gasteiger partial charge in [0.2, 0.25) is 5.91 Å². The van der Waals surface area contributed by atoms with Crippen LogP contribution in [0, 0.1) is 0 Å². The van der Waals surface area contributed by atoms with Crippen LogP contribution in [0.15, 0.2) is 40.3 Å². The van der Waals surface area contributed by atoms with Gasteiger partial charge in [0.1, 0.15) is 11.6 Å². The molecule has 24 heavy (non-hydrogen) atoms. The molecule has 4 N–H and O–H groups in total. The van der Waals surface area contributed by atoms with E-state index in [4.69, 9.17) is 10.5 Å². The molecule has 0 spiro atoms. The molecule has 7 nitrogen and oxygen atoms in total. The molecule has 1 unspecified atom stereocenters. The van der Waals surface area contributed by atoms with Crippen molar-refractivity contribution >= 4 is 29.2 Å². The maximum atomic E-state index is 12.4. The zero-order valence-corrected chi connectivity index (χ0v) is 14.4. The number of benzene rings is 1. The predicted octanol–water partition coefficient (Wildman–Crippen LogP) is 2.26. The molecule has 0 fully saturated rings. The summed E-state index contributed by atoms with van der Waals surface area (Å²) in [7, 11) is 0. The molecule has 0 aliphatic rings. The number of ether oxygens (including phenoxy) is 1. The number of H-pyrrole nitrogens is 1. The van der Waals surface area contributed by atoms with E-state index in [0.29, 0.717) is 23.9 Å². The van der Waals surface area contributed by atoms with Gasteiger partial charge in [-0.1, -0.05) is 18.7 Å². The Kier molecular flexibility index (Phi) is 6.25. The van der Waals surface area contributed by atoms with Crippen molar-refractivity contribution in [3.05, 3.63) is 40.7 Å². The lowest BCUT2D eigenvalue weighted by molar-refractivity contribution is -0.115. The summed E-state index contributed by atoms with van der Waals surface area (Å²) in [6, 6.07) is 8.35. The second-order valence-electron chi connectivity index (χ2n) is 4.94. The Bertz CT molecular complexity index is 746. The summed E-state index contributed by atoms with van der Waals surface area (Å²) in [6.07, 6.45) is 0.575. The van der Waals surface area contributed by atoms with Crippen molar-refractivity contribution < 1.29 is 9.53 Å². The van der Waals surface area contributed by atoms with E-state index in [2.05, 4.69) is 15.3 Å². The molecule has 2 rings (SSSR count). The maximum absolute atomic E-state index is 12.4. The Morgan fingerprint density at radius 2 is 2.08 bits per heavy atom. The van der Waals surface area contributed by atoms with Gasteiger partial charge in [-0.25, -0.2) is 4.98 Å². The SMILES string of the molecule is CCOc1ccc(NC(=O)C(CC)Sc2nc(N)cc(=O)[nH]2)cc1. The number of aromatic nitrogens is 2. The average molecular weight is 348 g/mol. The van der Waals surface area contributed by atoms with E-state index in [9.17, 15) is 9.59 Å². The first kappa shape index (κ1) is 17.9. The quantitative estimate of drug-likeness (QED) is 0.523. The van der Waals surface area contributed by atoms with Gasteiger partial charge in [0.25, 0.3) is 5.56 Å². The first-order valence-corrected chi connectivity index (χ1v) is 8.47. The van der Waals surface area contributed by atoms with Crippen molar-refractivity contribution in [3.8, 4) is 5.75 Å². The maximum Gasteiger partial charge on any atom is 0.253 e. The van der Waals surface area contributed by atoms with Crippen LogP contribution in [-0.4, -0.2) is 27.7 Å². The molecule has 128 valence electrons. The molecule has 2 aromatic rings. The van der Waals surface area contributed by atoms with Crippen LogP contribution in [0.1, 0.15) is 20.3 Å². The summed E-state index contributed by atoms with van der Waals surface area (Å²) >= 11 is 1.17. The third-order valence-electron chi connectivity index (χ3n) is 3.09. The molecule has 1 atom stereocenters. The standard InChI is InChI=1S/C16H20N4O3S/c1-3-12(24-16-19-13(17)9-14(21)20-16)15(22)18-10-5-7-11(8-6-10)23-4-2/h5-9,12H,3-4H2,1-2H3,(H,18,22)(H3,17,19,20,21). The number of nitrogens with one attached hydrogen (secondary N) is 2. The molecule has 1 amide bonds. The minimum Gasteiger partial charge on any atom is -0.494 e. The van der Waals surface area contributed by atoms with Crippen molar-refractivity contribution in [2.45, 2.75) is 30.7 Å². The Balaban J connectivity index is 2.04. The van der Waals surface area contributed by atoms with Gasteiger partial charge >= 0.3 is 0 Å². The van der Waals surface area contributed by atoms with Crippen LogP contribution in [0.4, 0.5) is 11.5 Å². The molecule has 0 saturated heterocycles. The van der Waals surface area contributed by atoms with E-state index in [1.807, 2.05) is 13.8 Å². The van der Waals surface area contributed by atoms with Gasteiger partial charge in [-0.15, -0.1) is 0 Å². The van der Waals surface area contributed by atoms with Crippen molar-refractivity contribution in [2.75, 3.05) is 17.7 Å². The molecular weight excluding hydrogens is 328 g/mol. The van der Waals surface area contributed by atoms with Crippen molar-refractivity contribution in [3.63, 3.8) is 0 Å². The Hall–Kier alpha value is -2.48. The van der Waals surface area contributed by atoms with Crippen molar-refractivity contribution in [1.29, 1.82) is 0 Å². The summed E-state index contributed by atoms with van der Waals surface area (Å²) < 4.78 is 5.37. The number of carbonyl (C=O) groups is 1. The topological polar surface area (TPSA) is 110 Å². The van der Waals surface area contributed by atoms with Gasteiger partial charge < -0.3 is 20.8 Å². The predicted molar refractivity (Wildman–Crippen MR) is 95.4 cm³/mol. The average Bonchev–Trinajstić information content (AvgIpc) is 2.53. The fourth-order valence-electron chi connectivity index (χ4n) is 1.99. The van der Waals surface area contributed by atoms with Crippen LogP contribution in [0.3, 0.4) is 0 Å². The highest BCUT2D eigenvalue weighted by molar-refractivity contribution is 8.00. The summed E-state index contributed by atoms with van der Waals surface area (Å²) in [4.78, 5) is 30.4. The molecule has 0 aliphatic heterocycles. The first-order chi connectivity index (χ1) is 11.5. The number of nitrogen functional groups attached to an aromatic ring is 1. The zero-order valence-electron chi connectivity index (χ0n) is 13.5. The fourth-order valence-corrected chi connectivity index (χ4v) is 2.91. The van der Waals surface area contributed by atoms with E-state index >= 15 is 0 Å². The van der Waals surface area contributed by atoms with E-state index in [-0.39, 0.29) is 17.3 Å². The molecule has 1 aromatic heterocycles. The number of aromatic amines is 1. The number of nitrogens with zero attached hydrogens (tertiary/aromatic N) is 1. The van der Waals surface area contributed by atoms with Crippen LogP contribution >= 0.6 is 11.8 Å². The summed E-state index contributed by atoms with van der Waals surface area (Å²) in [5.41, 5.74) is 5.89. The number of hydrogen-bond donors (Lipinski definition) is 3. The van der Waals surface area contributed by atoms with Crippen molar-refractivity contribution in [1.82, 2.24) is 9.97 Å². The second-order valence-corrected chi connectivity index (χ2v) is 6.13. The van der Waals surface area contributed by atoms with Crippen molar-refractivity contribution in [2.24, 2.45) is 0 Å². The lowest BCUT2D eigenvalue weighted by Gasteiger charge is -2.14. The van der Waals surface area contributed by atoms with Crippen LogP contribution < -0.4 is 21.3 Å². The van der Waals surface area contributed by atoms with Gasteiger partial charge in [-0.3, -0.25) is 9.59 Å². The summed E-state index contributed by atoms with van der Waals surface area (Å²) in [6.45, 7) is 4.39. The minimum atomic E-state index is -0.401. The molecule has 0 saturated carbocycles. The first-order valence-electron chi connectivity index (χ1n) is 7.59. The van der Waals surface area contributed by atoms with Gasteiger partial charge in [0, 0.05) is 11.8 Å². The Morgan fingerprint density at radius 3 is 2.67 bits per heavy atom. The number of amides is 1. The van der Waals surface area contributed by atoms with Gasteiger partial charge in [-0.2, -0.15) is 0 Å². The van der Waals surface area contributed by atoms with E-state index in [1.54, 1.807) is 24.3 Å². The number of nitrogens with two attached hydrogens (primary N) is 1. The zero-order chi connectivity index (χ0) is 17.5. The highest BCUT2D eigenvalue weighted by Crippen LogP contribution is 2.24. The van der Waals surface area contributed by atoms with Crippen LogP contribution in [0.2, 0.25) is 0 Å². The summed E-state index contributed by atoms with van der Waals surface area (Å²) in [5, 5.41) is 2.77. The number of anilines is 2. The van der Waals surface area contributed by atoms with E-state index < -0.39 is 5.25 Å². The molecule has 8 heteroatoms. The van der Waals surface area contributed by atoms with Gasteiger partial charge in [0.05, 0.1) is 11.9 Å². The lowest BCUT2D eigenvalue weighted by atomic mass is 10.2. The second kappa shape index (κ2) is 8.39. The molecule has 1 aromatic carbocycles.